The first kappa shape index (κ1) is 23.2. The van der Waals surface area contributed by atoms with Gasteiger partial charge in [-0.2, -0.15) is 10.4 Å². The molecule has 0 aliphatic carbocycles. The second kappa shape index (κ2) is 11.8. The second-order valence-electron chi connectivity index (χ2n) is 7.16. The number of amides is 2. The highest BCUT2D eigenvalue weighted by Gasteiger charge is 2.10. The molecule has 0 saturated heterocycles. The molecule has 0 aliphatic rings. The number of hydrogen-bond donors (Lipinski definition) is 2. The fraction of sp³-hybridized carbons (Fsp3) is 0.154. The van der Waals surface area contributed by atoms with Gasteiger partial charge in [0.15, 0.2) is 0 Å². The van der Waals surface area contributed by atoms with Gasteiger partial charge in [0, 0.05) is 11.3 Å². The van der Waals surface area contributed by atoms with Crippen molar-refractivity contribution in [2.75, 3.05) is 5.32 Å². The Labute approximate surface area is 192 Å². The molecule has 0 aliphatic heterocycles. The van der Waals surface area contributed by atoms with Gasteiger partial charge in [0.2, 0.25) is 11.8 Å². The molecule has 0 heterocycles. The number of aryl methyl sites for hydroxylation is 1. The summed E-state index contributed by atoms with van der Waals surface area (Å²) in [4.78, 5) is 24.1. The van der Waals surface area contributed by atoms with Gasteiger partial charge in [-0.05, 0) is 53.9 Å². The van der Waals surface area contributed by atoms with Gasteiger partial charge in [-0.15, -0.1) is 0 Å². The molecular formula is C26H24N4O3. The number of nitrogens with zero attached hydrogens (tertiary/aromatic N) is 2. The molecule has 3 aromatic carbocycles. The topological polar surface area (TPSA) is 104 Å². The molecule has 3 rings (SSSR count). The summed E-state index contributed by atoms with van der Waals surface area (Å²) in [6, 6.07) is 24.0. The van der Waals surface area contributed by atoms with E-state index in [1.165, 1.54) is 6.21 Å². The van der Waals surface area contributed by atoms with E-state index in [1.807, 2.05) is 49.4 Å². The van der Waals surface area contributed by atoms with Crippen molar-refractivity contribution >= 4 is 23.7 Å². The van der Waals surface area contributed by atoms with E-state index in [4.69, 9.17) is 10.00 Å². The number of hydrazone groups is 1. The van der Waals surface area contributed by atoms with Crippen LogP contribution in [0.5, 0.6) is 5.75 Å². The maximum Gasteiger partial charge on any atom is 0.249 e. The second-order valence-corrected chi connectivity index (χ2v) is 7.16. The largest absolute Gasteiger partial charge is 0.489 e. The van der Waals surface area contributed by atoms with Gasteiger partial charge in [0.1, 0.15) is 18.8 Å². The molecule has 2 amide bonds. The van der Waals surface area contributed by atoms with Crippen molar-refractivity contribution in [3.05, 3.63) is 95.1 Å². The first-order valence-corrected chi connectivity index (χ1v) is 10.5. The van der Waals surface area contributed by atoms with Crippen LogP contribution in [-0.4, -0.2) is 18.0 Å². The van der Waals surface area contributed by atoms with Crippen LogP contribution in [0.15, 0.2) is 77.9 Å². The summed E-state index contributed by atoms with van der Waals surface area (Å²) in [5, 5.41) is 15.8. The molecule has 0 fully saturated rings. The zero-order valence-corrected chi connectivity index (χ0v) is 18.2. The number of carbonyl (C=O) groups is 2. The highest BCUT2D eigenvalue weighted by molar-refractivity contribution is 6.04. The van der Waals surface area contributed by atoms with Gasteiger partial charge in [0.05, 0.1) is 17.8 Å². The van der Waals surface area contributed by atoms with E-state index in [0.717, 1.165) is 23.1 Å². The quantitative estimate of drug-likeness (QED) is 0.296. The Morgan fingerprint density at radius 2 is 1.67 bits per heavy atom. The van der Waals surface area contributed by atoms with Gasteiger partial charge in [-0.1, -0.05) is 43.3 Å². The van der Waals surface area contributed by atoms with Crippen LogP contribution in [0.2, 0.25) is 0 Å². The summed E-state index contributed by atoms with van der Waals surface area (Å²) >= 11 is 0. The standard InChI is InChI=1S/C26H24N4O3/c1-2-20-7-5-6-10-24(20)29-25(31)15-26(32)30-28-17-19-11-13-23(14-12-19)33-18-22-9-4-3-8-21(22)16-27/h3-14,17H,2,15,18H2,1H3,(H,29,31)(H,30,32). The van der Waals surface area contributed by atoms with Crippen LogP contribution in [0.25, 0.3) is 0 Å². The minimum Gasteiger partial charge on any atom is -0.489 e. The van der Waals surface area contributed by atoms with Crippen LogP contribution in [0.3, 0.4) is 0 Å². The third-order valence-corrected chi connectivity index (χ3v) is 4.81. The smallest absolute Gasteiger partial charge is 0.249 e. The van der Waals surface area contributed by atoms with Crippen LogP contribution in [0, 0.1) is 11.3 Å². The fourth-order valence-electron chi connectivity index (χ4n) is 3.08. The minimum atomic E-state index is -0.506. The number of anilines is 1. The maximum absolute atomic E-state index is 12.1. The van der Waals surface area contributed by atoms with Crippen molar-refractivity contribution < 1.29 is 14.3 Å². The predicted octanol–water partition coefficient (Wildman–Crippen LogP) is 4.18. The molecule has 7 heteroatoms. The third kappa shape index (κ3) is 7.04. The normalized spacial score (nSPS) is 10.4. The van der Waals surface area contributed by atoms with Gasteiger partial charge < -0.3 is 10.1 Å². The molecule has 3 aromatic rings. The highest BCUT2D eigenvalue weighted by atomic mass is 16.5. The summed E-state index contributed by atoms with van der Waals surface area (Å²) in [6.07, 6.45) is 1.94. The molecular weight excluding hydrogens is 416 g/mol. The summed E-state index contributed by atoms with van der Waals surface area (Å²) in [6.45, 7) is 2.29. The van der Waals surface area contributed by atoms with Crippen molar-refractivity contribution in [2.45, 2.75) is 26.4 Å². The Morgan fingerprint density at radius 1 is 0.970 bits per heavy atom. The van der Waals surface area contributed by atoms with E-state index in [2.05, 4.69) is 21.9 Å². The highest BCUT2D eigenvalue weighted by Crippen LogP contribution is 2.16. The van der Waals surface area contributed by atoms with E-state index >= 15 is 0 Å². The number of nitrogens with one attached hydrogen (secondary N) is 2. The lowest BCUT2D eigenvalue weighted by atomic mass is 10.1. The van der Waals surface area contributed by atoms with Crippen molar-refractivity contribution in [3.8, 4) is 11.8 Å². The average molecular weight is 441 g/mol. The van der Waals surface area contributed by atoms with Crippen LogP contribution in [0.1, 0.15) is 35.6 Å². The van der Waals surface area contributed by atoms with Crippen molar-refractivity contribution in [2.24, 2.45) is 5.10 Å². The van der Waals surface area contributed by atoms with Gasteiger partial charge >= 0.3 is 0 Å². The molecule has 0 radical (unpaired) electrons. The van der Waals surface area contributed by atoms with E-state index in [-0.39, 0.29) is 13.0 Å². The van der Waals surface area contributed by atoms with Gasteiger partial charge in [-0.3, -0.25) is 9.59 Å². The zero-order valence-electron chi connectivity index (χ0n) is 18.2. The zero-order chi connectivity index (χ0) is 23.5. The van der Waals surface area contributed by atoms with Crippen LogP contribution < -0.4 is 15.5 Å². The fourth-order valence-corrected chi connectivity index (χ4v) is 3.08. The lowest BCUT2D eigenvalue weighted by molar-refractivity contribution is -0.126. The number of hydrogen-bond acceptors (Lipinski definition) is 5. The summed E-state index contributed by atoms with van der Waals surface area (Å²) in [5.41, 5.74) is 6.22. The number of para-hydroxylation sites is 1. The molecule has 7 nitrogen and oxygen atoms in total. The van der Waals surface area contributed by atoms with Crippen molar-refractivity contribution in [1.82, 2.24) is 5.43 Å². The lowest BCUT2D eigenvalue weighted by Gasteiger charge is -2.09. The number of nitriles is 1. The Hall–Kier alpha value is -4.44. The summed E-state index contributed by atoms with van der Waals surface area (Å²) in [5.74, 6) is -0.259. The summed E-state index contributed by atoms with van der Waals surface area (Å²) < 4.78 is 5.73. The van der Waals surface area contributed by atoms with E-state index < -0.39 is 11.8 Å². The van der Waals surface area contributed by atoms with E-state index in [9.17, 15) is 9.59 Å². The van der Waals surface area contributed by atoms with Gasteiger partial charge in [0.25, 0.3) is 0 Å². The molecule has 0 saturated carbocycles. The number of ether oxygens (including phenoxy) is 1. The Balaban J connectivity index is 1.45. The monoisotopic (exact) mass is 440 g/mol. The molecule has 0 atom stereocenters. The average Bonchev–Trinajstić information content (AvgIpc) is 2.84. The number of rotatable bonds is 9. The maximum atomic E-state index is 12.1. The minimum absolute atomic E-state index is 0.290. The molecule has 0 bridgehead atoms. The van der Waals surface area contributed by atoms with E-state index in [1.54, 1.807) is 30.3 Å². The molecule has 2 N–H and O–H groups in total. The first-order chi connectivity index (χ1) is 16.1. The predicted molar refractivity (Wildman–Crippen MR) is 127 cm³/mol. The molecule has 0 unspecified atom stereocenters. The van der Waals surface area contributed by atoms with E-state index in [0.29, 0.717) is 17.0 Å². The van der Waals surface area contributed by atoms with Gasteiger partial charge in [-0.25, -0.2) is 5.43 Å². The molecule has 166 valence electrons. The van der Waals surface area contributed by atoms with Crippen molar-refractivity contribution in [1.29, 1.82) is 5.26 Å². The Morgan fingerprint density at radius 3 is 2.39 bits per heavy atom. The Bertz CT molecular complexity index is 1180. The van der Waals surface area contributed by atoms with Crippen LogP contribution in [-0.2, 0) is 22.6 Å². The lowest BCUT2D eigenvalue weighted by Crippen LogP contribution is -2.25. The number of benzene rings is 3. The van der Waals surface area contributed by atoms with Crippen LogP contribution in [0.4, 0.5) is 5.69 Å². The van der Waals surface area contributed by atoms with Crippen molar-refractivity contribution in [3.63, 3.8) is 0 Å². The third-order valence-electron chi connectivity index (χ3n) is 4.81. The molecule has 0 aromatic heterocycles. The Kier molecular flexibility index (Phi) is 8.32. The number of carbonyl (C=O) groups excluding carboxylic acids is 2. The molecule has 0 spiro atoms. The first-order valence-electron chi connectivity index (χ1n) is 10.5. The molecule has 33 heavy (non-hydrogen) atoms. The van der Waals surface area contributed by atoms with Crippen LogP contribution >= 0.6 is 0 Å². The SMILES string of the molecule is CCc1ccccc1NC(=O)CC(=O)NN=Cc1ccc(OCc2ccccc2C#N)cc1. The summed E-state index contributed by atoms with van der Waals surface area (Å²) in [7, 11) is 0.